The number of benzene rings is 1. The second-order valence-electron chi connectivity index (χ2n) is 4.81. The maximum Gasteiger partial charge on any atom is 0.255 e. The second-order valence-corrected chi connectivity index (χ2v) is 5.70. The van der Waals surface area contributed by atoms with Gasteiger partial charge in [0.2, 0.25) is 0 Å². The Bertz CT molecular complexity index is 977. The van der Waals surface area contributed by atoms with Crippen molar-refractivity contribution in [2.45, 2.75) is 0 Å². The molecule has 0 spiro atoms. The molecule has 6 nitrogen and oxygen atoms in total. The summed E-state index contributed by atoms with van der Waals surface area (Å²) in [7, 11) is 0. The van der Waals surface area contributed by atoms with Crippen molar-refractivity contribution in [3.8, 4) is 5.82 Å². The topological polar surface area (TPSA) is 72.7 Å². The van der Waals surface area contributed by atoms with Crippen molar-refractivity contribution < 1.29 is 4.79 Å². The van der Waals surface area contributed by atoms with Crippen LogP contribution in [-0.4, -0.2) is 25.7 Å². The largest absolute Gasteiger partial charge is 0.319 e. The average Bonchev–Trinajstić information content (AvgIpc) is 3.26. The van der Waals surface area contributed by atoms with Crippen molar-refractivity contribution in [3.05, 3.63) is 66.1 Å². The van der Waals surface area contributed by atoms with Crippen LogP contribution in [0.1, 0.15) is 10.4 Å². The van der Waals surface area contributed by atoms with Gasteiger partial charge in [-0.15, -0.1) is 11.3 Å². The first kappa shape index (κ1) is 13.6. The maximum atomic E-state index is 12.5. The highest BCUT2D eigenvalue weighted by Gasteiger charge is 2.12. The molecule has 3 heterocycles. The Kier molecular flexibility index (Phi) is 3.32. The summed E-state index contributed by atoms with van der Waals surface area (Å²) in [5.74, 6) is 0.381. The van der Waals surface area contributed by atoms with Crippen LogP contribution >= 0.6 is 11.3 Å². The highest BCUT2D eigenvalue weighted by molar-refractivity contribution is 7.16. The number of rotatable bonds is 3. The zero-order valence-corrected chi connectivity index (χ0v) is 12.7. The fourth-order valence-corrected chi connectivity index (χ4v) is 2.98. The third-order valence-electron chi connectivity index (χ3n) is 3.35. The molecule has 0 bridgehead atoms. The van der Waals surface area contributed by atoms with Gasteiger partial charge in [0.15, 0.2) is 5.82 Å². The number of hydrogen-bond acceptors (Lipinski definition) is 5. The summed E-state index contributed by atoms with van der Waals surface area (Å²) >= 11 is 1.51. The molecule has 0 unspecified atom stereocenters. The smallest absolute Gasteiger partial charge is 0.255 e. The third-order valence-corrected chi connectivity index (χ3v) is 4.14. The molecule has 4 aromatic rings. The molecule has 7 heteroatoms. The molecule has 0 radical (unpaired) electrons. The van der Waals surface area contributed by atoms with Gasteiger partial charge in [0.05, 0.1) is 21.4 Å². The standard InChI is InChI=1S/C16H11N5OS/c22-16(11-4-5-12-14(9-11)23-10-18-12)20-13-3-1-6-17-15(13)21-8-2-7-19-21/h1-10H,(H,20,22). The van der Waals surface area contributed by atoms with Crippen molar-refractivity contribution in [2.24, 2.45) is 0 Å². The van der Waals surface area contributed by atoms with Crippen LogP contribution in [0.5, 0.6) is 0 Å². The highest BCUT2D eigenvalue weighted by Crippen LogP contribution is 2.21. The molecule has 1 amide bonds. The van der Waals surface area contributed by atoms with E-state index in [1.54, 1.807) is 53.0 Å². The van der Waals surface area contributed by atoms with Crippen LogP contribution in [0.3, 0.4) is 0 Å². The Hall–Kier alpha value is -3.06. The predicted octanol–water partition coefficient (Wildman–Crippen LogP) is 3.13. The Morgan fingerprint density at radius 3 is 2.96 bits per heavy atom. The lowest BCUT2D eigenvalue weighted by Crippen LogP contribution is -2.14. The van der Waals surface area contributed by atoms with Crippen LogP contribution in [0.4, 0.5) is 5.69 Å². The number of anilines is 1. The molecule has 0 aliphatic rings. The lowest BCUT2D eigenvalue weighted by molar-refractivity contribution is 0.102. The van der Waals surface area contributed by atoms with E-state index in [2.05, 4.69) is 20.4 Å². The van der Waals surface area contributed by atoms with Gasteiger partial charge in [0.25, 0.3) is 5.91 Å². The van der Waals surface area contributed by atoms with Crippen LogP contribution in [0.2, 0.25) is 0 Å². The number of thiazole rings is 1. The number of nitrogens with one attached hydrogen (secondary N) is 1. The summed E-state index contributed by atoms with van der Waals surface area (Å²) in [5.41, 5.74) is 3.84. The van der Waals surface area contributed by atoms with Gasteiger partial charge in [0, 0.05) is 24.2 Å². The summed E-state index contributed by atoms with van der Waals surface area (Å²) < 4.78 is 2.60. The zero-order valence-electron chi connectivity index (χ0n) is 11.9. The molecule has 1 aromatic carbocycles. The maximum absolute atomic E-state index is 12.5. The van der Waals surface area contributed by atoms with Crippen molar-refractivity contribution in [3.63, 3.8) is 0 Å². The molecule has 0 fully saturated rings. The van der Waals surface area contributed by atoms with E-state index >= 15 is 0 Å². The molecule has 0 aliphatic heterocycles. The first-order valence-corrected chi connectivity index (χ1v) is 7.79. The van der Waals surface area contributed by atoms with Gasteiger partial charge in [-0.25, -0.2) is 14.6 Å². The van der Waals surface area contributed by atoms with Crippen molar-refractivity contribution in [1.29, 1.82) is 0 Å². The zero-order chi connectivity index (χ0) is 15.6. The minimum atomic E-state index is -0.193. The van der Waals surface area contributed by atoms with E-state index in [-0.39, 0.29) is 5.91 Å². The van der Waals surface area contributed by atoms with E-state index in [1.807, 2.05) is 12.1 Å². The SMILES string of the molecule is O=C(Nc1cccnc1-n1cccn1)c1ccc2ncsc2c1. The fourth-order valence-electron chi connectivity index (χ4n) is 2.26. The van der Waals surface area contributed by atoms with E-state index in [4.69, 9.17) is 0 Å². The molecule has 4 rings (SSSR count). The number of fused-ring (bicyclic) bond motifs is 1. The van der Waals surface area contributed by atoms with Crippen molar-refractivity contribution in [1.82, 2.24) is 19.7 Å². The number of amides is 1. The first-order valence-electron chi connectivity index (χ1n) is 6.91. The number of carbonyl (C=O) groups is 1. The van der Waals surface area contributed by atoms with Gasteiger partial charge in [-0.1, -0.05) is 0 Å². The van der Waals surface area contributed by atoms with Gasteiger partial charge in [0.1, 0.15) is 0 Å². The minimum absolute atomic E-state index is 0.193. The highest BCUT2D eigenvalue weighted by atomic mass is 32.1. The Balaban J connectivity index is 1.66. The molecule has 3 aromatic heterocycles. The van der Waals surface area contributed by atoms with E-state index in [1.165, 1.54) is 11.3 Å². The van der Waals surface area contributed by atoms with E-state index in [0.717, 1.165) is 10.2 Å². The van der Waals surface area contributed by atoms with E-state index in [0.29, 0.717) is 17.1 Å². The molecular weight excluding hydrogens is 310 g/mol. The number of hydrogen-bond donors (Lipinski definition) is 1. The average molecular weight is 321 g/mol. The molecule has 0 aliphatic carbocycles. The summed E-state index contributed by atoms with van der Waals surface area (Å²) in [6.45, 7) is 0. The number of nitrogens with zero attached hydrogens (tertiary/aromatic N) is 4. The molecular formula is C16H11N5OS. The molecule has 0 saturated heterocycles. The van der Waals surface area contributed by atoms with Crippen LogP contribution in [0.25, 0.3) is 16.0 Å². The lowest BCUT2D eigenvalue weighted by Gasteiger charge is -2.10. The quantitative estimate of drug-likeness (QED) is 0.629. The molecule has 23 heavy (non-hydrogen) atoms. The van der Waals surface area contributed by atoms with Gasteiger partial charge >= 0.3 is 0 Å². The van der Waals surface area contributed by atoms with E-state index in [9.17, 15) is 4.79 Å². The summed E-state index contributed by atoms with van der Waals surface area (Å²) in [4.78, 5) is 21.0. The third kappa shape index (κ3) is 2.58. The lowest BCUT2D eigenvalue weighted by atomic mass is 10.2. The monoisotopic (exact) mass is 321 g/mol. The van der Waals surface area contributed by atoms with Crippen molar-refractivity contribution >= 4 is 33.1 Å². The summed E-state index contributed by atoms with van der Waals surface area (Å²) in [6.07, 6.45) is 5.11. The molecule has 0 saturated carbocycles. The normalized spacial score (nSPS) is 10.8. The predicted molar refractivity (Wildman–Crippen MR) is 88.9 cm³/mol. The second kappa shape index (κ2) is 5.62. The minimum Gasteiger partial charge on any atom is -0.319 e. The van der Waals surface area contributed by atoms with Gasteiger partial charge in [-0.05, 0) is 36.4 Å². The van der Waals surface area contributed by atoms with Crippen LogP contribution in [-0.2, 0) is 0 Å². The molecule has 1 N–H and O–H groups in total. The number of pyridine rings is 1. The molecule has 0 atom stereocenters. The van der Waals surface area contributed by atoms with Crippen LogP contribution in [0.15, 0.2) is 60.5 Å². The van der Waals surface area contributed by atoms with Gasteiger partial charge in [-0.2, -0.15) is 5.10 Å². The summed E-state index contributed by atoms with van der Waals surface area (Å²) in [5, 5.41) is 7.05. The van der Waals surface area contributed by atoms with Gasteiger partial charge < -0.3 is 5.32 Å². The summed E-state index contributed by atoms with van der Waals surface area (Å²) in [6, 6.07) is 10.8. The fraction of sp³-hybridized carbons (Fsp3) is 0. The Morgan fingerprint density at radius 1 is 1.13 bits per heavy atom. The van der Waals surface area contributed by atoms with Gasteiger partial charge in [-0.3, -0.25) is 4.79 Å². The Morgan fingerprint density at radius 2 is 2.09 bits per heavy atom. The van der Waals surface area contributed by atoms with Crippen molar-refractivity contribution in [2.75, 3.05) is 5.32 Å². The number of aromatic nitrogens is 4. The van der Waals surface area contributed by atoms with Crippen LogP contribution < -0.4 is 5.32 Å². The number of carbonyl (C=O) groups excluding carboxylic acids is 1. The first-order chi connectivity index (χ1) is 11.3. The van der Waals surface area contributed by atoms with E-state index < -0.39 is 0 Å². The Labute approximate surface area is 135 Å². The van der Waals surface area contributed by atoms with Crippen LogP contribution in [0, 0.1) is 0 Å². The molecule has 112 valence electrons.